The standard InChI is InChI=1S/C21H27F3N2/c1-4-26(5-2)15-14-25(3)16-17-6-8-18(9-7-17)19-10-12-20(13-11-19)21(22,23)24/h6-13H,4-5,14-16H2,1-3H3. The SMILES string of the molecule is CCN(CC)CCN(C)Cc1ccc(-c2ccc(C(F)(F)F)cc2)cc1. The highest BCUT2D eigenvalue weighted by Crippen LogP contribution is 2.31. The van der Waals surface area contributed by atoms with Crippen LogP contribution in [0.1, 0.15) is 25.0 Å². The van der Waals surface area contributed by atoms with Crippen LogP contribution in [0.5, 0.6) is 0 Å². The topological polar surface area (TPSA) is 6.48 Å². The van der Waals surface area contributed by atoms with E-state index in [9.17, 15) is 13.2 Å². The van der Waals surface area contributed by atoms with Gasteiger partial charge in [-0.3, -0.25) is 0 Å². The zero-order chi connectivity index (χ0) is 19.2. The van der Waals surface area contributed by atoms with Gasteiger partial charge in [-0.2, -0.15) is 13.2 Å². The summed E-state index contributed by atoms with van der Waals surface area (Å²) in [6.45, 7) is 9.37. The van der Waals surface area contributed by atoms with Crippen molar-refractivity contribution in [2.75, 3.05) is 33.2 Å². The molecule has 0 saturated carbocycles. The van der Waals surface area contributed by atoms with E-state index in [-0.39, 0.29) is 0 Å². The quantitative estimate of drug-likeness (QED) is 0.639. The average molecular weight is 364 g/mol. The second-order valence-electron chi connectivity index (χ2n) is 6.54. The van der Waals surface area contributed by atoms with E-state index in [1.54, 1.807) is 0 Å². The van der Waals surface area contributed by atoms with Crippen LogP contribution < -0.4 is 0 Å². The van der Waals surface area contributed by atoms with Gasteiger partial charge in [-0.15, -0.1) is 0 Å². The number of alkyl halides is 3. The third-order valence-corrected chi connectivity index (χ3v) is 4.64. The largest absolute Gasteiger partial charge is 0.416 e. The minimum atomic E-state index is -4.29. The van der Waals surface area contributed by atoms with Gasteiger partial charge in [0, 0.05) is 19.6 Å². The van der Waals surface area contributed by atoms with Gasteiger partial charge in [-0.25, -0.2) is 0 Å². The molecule has 0 amide bonds. The summed E-state index contributed by atoms with van der Waals surface area (Å²) in [7, 11) is 2.10. The summed E-state index contributed by atoms with van der Waals surface area (Å²) >= 11 is 0. The predicted octanol–water partition coefficient (Wildman–Crippen LogP) is 5.15. The number of benzene rings is 2. The van der Waals surface area contributed by atoms with E-state index in [4.69, 9.17) is 0 Å². The van der Waals surface area contributed by atoms with E-state index in [1.165, 1.54) is 17.7 Å². The van der Waals surface area contributed by atoms with Crippen molar-refractivity contribution in [2.45, 2.75) is 26.6 Å². The zero-order valence-corrected chi connectivity index (χ0v) is 15.7. The fourth-order valence-corrected chi connectivity index (χ4v) is 2.90. The molecule has 26 heavy (non-hydrogen) atoms. The van der Waals surface area contributed by atoms with E-state index >= 15 is 0 Å². The summed E-state index contributed by atoms with van der Waals surface area (Å²) in [6.07, 6.45) is -4.29. The number of likely N-dealkylation sites (N-methyl/N-ethyl adjacent to an activating group) is 2. The lowest BCUT2D eigenvalue weighted by Gasteiger charge is -2.23. The van der Waals surface area contributed by atoms with Gasteiger partial charge in [-0.1, -0.05) is 50.2 Å². The van der Waals surface area contributed by atoms with Crippen molar-refractivity contribution < 1.29 is 13.2 Å². The Labute approximate surface area is 154 Å². The third kappa shape index (κ3) is 5.85. The number of rotatable bonds is 8. The molecule has 0 radical (unpaired) electrons. The van der Waals surface area contributed by atoms with Crippen molar-refractivity contribution in [1.29, 1.82) is 0 Å². The molecule has 0 N–H and O–H groups in total. The summed E-state index contributed by atoms with van der Waals surface area (Å²) in [5.41, 5.74) is 2.29. The summed E-state index contributed by atoms with van der Waals surface area (Å²) in [4.78, 5) is 4.68. The first kappa shape index (κ1) is 20.5. The molecule has 0 aliphatic rings. The highest BCUT2D eigenvalue weighted by molar-refractivity contribution is 5.64. The zero-order valence-electron chi connectivity index (χ0n) is 15.7. The third-order valence-electron chi connectivity index (χ3n) is 4.64. The van der Waals surface area contributed by atoms with E-state index in [2.05, 4.69) is 30.7 Å². The average Bonchev–Trinajstić information content (AvgIpc) is 2.62. The molecule has 2 aromatic rings. The number of hydrogen-bond donors (Lipinski definition) is 0. The van der Waals surface area contributed by atoms with Crippen LogP contribution in [0.2, 0.25) is 0 Å². The van der Waals surface area contributed by atoms with Gasteiger partial charge in [0.25, 0.3) is 0 Å². The van der Waals surface area contributed by atoms with E-state index in [1.807, 2.05) is 24.3 Å². The summed E-state index contributed by atoms with van der Waals surface area (Å²) < 4.78 is 37.9. The van der Waals surface area contributed by atoms with Crippen molar-refractivity contribution in [2.24, 2.45) is 0 Å². The number of hydrogen-bond acceptors (Lipinski definition) is 2. The molecular weight excluding hydrogens is 337 g/mol. The van der Waals surface area contributed by atoms with Crippen LogP contribution in [0.15, 0.2) is 48.5 Å². The molecule has 2 nitrogen and oxygen atoms in total. The molecule has 2 rings (SSSR count). The van der Waals surface area contributed by atoms with Crippen LogP contribution in [-0.4, -0.2) is 43.0 Å². The molecule has 0 unspecified atom stereocenters. The molecule has 0 aliphatic carbocycles. The lowest BCUT2D eigenvalue weighted by Crippen LogP contribution is -2.32. The highest BCUT2D eigenvalue weighted by Gasteiger charge is 2.29. The van der Waals surface area contributed by atoms with Gasteiger partial charge in [0.15, 0.2) is 0 Å². The maximum Gasteiger partial charge on any atom is 0.416 e. The van der Waals surface area contributed by atoms with E-state index < -0.39 is 11.7 Å². The van der Waals surface area contributed by atoms with Crippen molar-refractivity contribution in [3.05, 3.63) is 59.7 Å². The normalized spacial score (nSPS) is 12.2. The molecule has 142 valence electrons. The van der Waals surface area contributed by atoms with Crippen molar-refractivity contribution in [1.82, 2.24) is 9.80 Å². The molecule has 0 bridgehead atoms. The van der Waals surface area contributed by atoms with Crippen molar-refractivity contribution in [3.8, 4) is 11.1 Å². The van der Waals surface area contributed by atoms with Gasteiger partial charge < -0.3 is 9.80 Å². The number of halogens is 3. The molecule has 0 atom stereocenters. The smallest absolute Gasteiger partial charge is 0.303 e. The van der Waals surface area contributed by atoms with Crippen LogP contribution >= 0.6 is 0 Å². The Morgan fingerprint density at radius 2 is 1.27 bits per heavy atom. The molecular formula is C21H27F3N2. The molecule has 0 spiro atoms. The fourth-order valence-electron chi connectivity index (χ4n) is 2.90. The first-order valence-electron chi connectivity index (χ1n) is 9.01. The van der Waals surface area contributed by atoms with Gasteiger partial charge in [-0.05, 0) is 49.0 Å². The minimum Gasteiger partial charge on any atom is -0.303 e. The summed E-state index contributed by atoms with van der Waals surface area (Å²) in [5, 5.41) is 0. The first-order chi connectivity index (χ1) is 12.3. The Kier molecular flexibility index (Phi) is 7.23. The molecule has 0 aliphatic heterocycles. The van der Waals surface area contributed by atoms with E-state index in [0.717, 1.165) is 56.0 Å². The second-order valence-corrected chi connectivity index (χ2v) is 6.54. The summed E-state index contributed by atoms with van der Waals surface area (Å²) in [5.74, 6) is 0. The van der Waals surface area contributed by atoms with E-state index in [0.29, 0.717) is 0 Å². The Balaban J connectivity index is 1.95. The Bertz CT molecular complexity index is 659. The molecule has 2 aromatic carbocycles. The molecule has 5 heteroatoms. The number of nitrogens with zero attached hydrogens (tertiary/aromatic N) is 2. The van der Waals surface area contributed by atoms with Crippen LogP contribution in [0.4, 0.5) is 13.2 Å². The summed E-state index contributed by atoms with van der Waals surface area (Å²) in [6, 6.07) is 13.3. The van der Waals surface area contributed by atoms with Gasteiger partial charge in [0.05, 0.1) is 5.56 Å². The molecule has 0 aromatic heterocycles. The van der Waals surface area contributed by atoms with Crippen molar-refractivity contribution in [3.63, 3.8) is 0 Å². The predicted molar refractivity (Wildman–Crippen MR) is 101 cm³/mol. The van der Waals surface area contributed by atoms with Gasteiger partial charge in [0.1, 0.15) is 0 Å². The second kappa shape index (κ2) is 9.19. The Morgan fingerprint density at radius 3 is 1.73 bits per heavy atom. The molecule has 0 saturated heterocycles. The first-order valence-corrected chi connectivity index (χ1v) is 9.01. The fraction of sp³-hybridized carbons (Fsp3) is 0.429. The Hall–Kier alpha value is -1.85. The lowest BCUT2D eigenvalue weighted by atomic mass is 10.0. The van der Waals surface area contributed by atoms with Crippen LogP contribution in [0.3, 0.4) is 0 Å². The molecule has 0 heterocycles. The monoisotopic (exact) mass is 364 g/mol. The van der Waals surface area contributed by atoms with Crippen molar-refractivity contribution >= 4 is 0 Å². The van der Waals surface area contributed by atoms with Crippen LogP contribution in [0, 0.1) is 0 Å². The minimum absolute atomic E-state index is 0.618. The van der Waals surface area contributed by atoms with Gasteiger partial charge in [0.2, 0.25) is 0 Å². The van der Waals surface area contributed by atoms with Gasteiger partial charge >= 0.3 is 6.18 Å². The lowest BCUT2D eigenvalue weighted by molar-refractivity contribution is -0.137. The maximum absolute atomic E-state index is 12.6. The molecule has 0 fully saturated rings. The highest BCUT2D eigenvalue weighted by atomic mass is 19.4. The Morgan fingerprint density at radius 1 is 0.769 bits per heavy atom. The van der Waals surface area contributed by atoms with Crippen LogP contribution in [-0.2, 0) is 12.7 Å². The van der Waals surface area contributed by atoms with Crippen LogP contribution in [0.25, 0.3) is 11.1 Å². The maximum atomic E-state index is 12.6.